The Morgan fingerprint density at radius 3 is 2.80 bits per heavy atom. The van der Waals surface area contributed by atoms with E-state index in [0.717, 1.165) is 6.42 Å². The summed E-state index contributed by atoms with van der Waals surface area (Å²) < 4.78 is 18.7. The summed E-state index contributed by atoms with van der Waals surface area (Å²) in [6.07, 6.45) is 1.07. The molecule has 2 rings (SSSR count). The minimum atomic E-state index is -0.575. The Balaban J connectivity index is 2.23. The Kier molecular flexibility index (Phi) is 3.88. The van der Waals surface area contributed by atoms with Crippen LogP contribution in [0.5, 0.6) is 5.75 Å². The van der Waals surface area contributed by atoms with Crippen molar-refractivity contribution in [3.05, 3.63) is 29.6 Å². The van der Waals surface area contributed by atoms with E-state index in [-0.39, 0.29) is 11.8 Å². The van der Waals surface area contributed by atoms with Crippen molar-refractivity contribution in [2.45, 2.75) is 45.3 Å². The van der Waals surface area contributed by atoms with Gasteiger partial charge in [-0.15, -0.1) is 0 Å². The first-order chi connectivity index (χ1) is 9.28. The largest absolute Gasteiger partial charge is 0.508 e. The molecule has 1 fully saturated rings. The van der Waals surface area contributed by atoms with Crippen LogP contribution in [0.15, 0.2) is 18.2 Å². The average Bonchev–Trinajstić information content (AvgIpc) is 2.79. The van der Waals surface area contributed by atoms with Crippen LogP contribution in [-0.2, 0) is 4.74 Å². The molecule has 1 N–H and O–H groups in total. The van der Waals surface area contributed by atoms with Crippen LogP contribution in [0.25, 0.3) is 0 Å². The van der Waals surface area contributed by atoms with Crippen molar-refractivity contribution in [3.63, 3.8) is 0 Å². The Morgan fingerprint density at radius 2 is 2.15 bits per heavy atom. The number of likely N-dealkylation sites (tertiary alicyclic amines) is 1. The summed E-state index contributed by atoms with van der Waals surface area (Å²) in [5.41, 5.74) is -0.137. The maximum absolute atomic E-state index is 13.4. The lowest BCUT2D eigenvalue weighted by molar-refractivity contribution is 0.0223. The molecular weight excluding hydrogens is 261 g/mol. The van der Waals surface area contributed by atoms with E-state index in [1.54, 1.807) is 25.7 Å². The minimum Gasteiger partial charge on any atom is -0.508 e. The molecule has 0 aromatic heterocycles. The number of phenolic OH excluding ortho intramolecular Hbond substituents is 1. The first-order valence-electron chi connectivity index (χ1n) is 6.76. The third-order valence-corrected chi connectivity index (χ3v) is 3.23. The molecule has 1 aromatic rings. The standard InChI is InChI=1S/C15H20FNO3/c1-15(2,3)20-14(19)17-8-4-5-12(17)11-9-10(16)6-7-13(11)18/h6-7,9,12,18H,4-5,8H2,1-3H3. The van der Waals surface area contributed by atoms with Gasteiger partial charge in [0.15, 0.2) is 0 Å². The summed E-state index contributed by atoms with van der Waals surface area (Å²) in [5.74, 6) is -0.416. The van der Waals surface area contributed by atoms with Gasteiger partial charge in [0.2, 0.25) is 0 Å². The monoisotopic (exact) mass is 281 g/mol. The highest BCUT2D eigenvalue weighted by Crippen LogP contribution is 2.37. The summed E-state index contributed by atoms with van der Waals surface area (Å²) >= 11 is 0. The molecule has 0 bridgehead atoms. The molecule has 1 aromatic carbocycles. The zero-order chi connectivity index (χ0) is 14.9. The molecule has 0 spiro atoms. The third kappa shape index (κ3) is 3.21. The van der Waals surface area contributed by atoms with Crippen molar-refractivity contribution in [2.24, 2.45) is 0 Å². The van der Waals surface area contributed by atoms with Gasteiger partial charge in [0.25, 0.3) is 0 Å². The number of carbonyl (C=O) groups is 1. The lowest BCUT2D eigenvalue weighted by atomic mass is 10.0. The van der Waals surface area contributed by atoms with Crippen LogP contribution in [0.1, 0.15) is 45.2 Å². The molecule has 1 atom stereocenters. The van der Waals surface area contributed by atoms with Gasteiger partial charge in [-0.05, 0) is 51.8 Å². The predicted molar refractivity (Wildman–Crippen MR) is 73.0 cm³/mol. The number of rotatable bonds is 1. The fourth-order valence-corrected chi connectivity index (χ4v) is 2.42. The van der Waals surface area contributed by atoms with Crippen molar-refractivity contribution in [3.8, 4) is 5.75 Å². The third-order valence-electron chi connectivity index (χ3n) is 3.23. The first-order valence-corrected chi connectivity index (χ1v) is 6.76. The van der Waals surface area contributed by atoms with Crippen LogP contribution in [0.3, 0.4) is 0 Å². The Labute approximate surface area is 118 Å². The van der Waals surface area contributed by atoms with Gasteiger partial charge in [0, 0.05) is 12.1 Å². The zero-order valence-electron chi connectivity index (χ0n) is 12.0. The van der Waals surface area contributed by atoms with E-state index < -0.39 is 17.5 Å². The average molecular weight is 281 g/mol. The topological polar surface area (TPSA) is 49.8 Å². The number of carbonyl (C=O) groups excluding carboxylic acids is 1. The van der Waals surface area contributed by atoms with E-state index >= 15 is 0 Å². The molecule has 1 unspecified atom stereocenters. The van der Waals surface area contributed by atoms with Crippen molar-refractivity contribution >= 4 is 6.09 Å². The van der Waals surface area contributed by atoms with Crippen LogP contribution in [-0.4, -0.2) is 28.2 Å². The lowest BCUT2D eigenvalue weighted by Gasteiger charge is -2.29. The number of phenols is 1. The molecule has 0 radical (unpaired) electrons. The molecule has 0 aliphatic carbocycles. The van der Waals surface area contributed by atoms with E-state index in [1.165, 1.54) is 18.2 Å². The molecule has 5 heteroatoms. The van der Waals surface area contributed by atoms with E-state index in [4.69, 9.17) is 4.74 Å². The van der Waals surface area contributed by atoms with Crippen molar-refractivity contribution in [1.82, 2.24) is 4.90 Å². The van der Waals surface area contributed by atoms with E-state index in [2.05, 4.69) is 0 Å². The molecule has 1 saturated heterocycles. The lowest BCUT2D eigenvalue weighted by Crippen LogP contribution is -2.36. The molecule has 1 amide bonds. The molecule has 110 valence electrons. The molecule has 20 heavy (non-hydrogen) atoms. The van der Waals surface area contributed by atoms with Gasteiger partial charge in [0.05, 0.1) is 6.04 Å². The highest BCUT2D eigenvalue weighted by Gasteiger charge is 2.34. The highest BCUT2D eigenvalue weighted by molar-refractivity contribution is 5.69. The van der Waals surface area contributed by atoms with Gasteiger partial charge >= 0.3 is 6.09 Å². The van der Waals surface area contributed by atoms with Gasteiger partial charge in [-0.2, -0.15) is 0 Å². The van der Waals surface area contributed by atoms with Gasteiger partial charge in [0.1, 0.15) is 17.2 Å². The Bertz CT molecular complexity index is 510. The molecule has 0 saturated carbocycles. The van der Waals surface area contributed by atoms with Crippen molar-refractivity contribution in [1.29, 1.82) is 0 Å². The Hall–Kier alpha value is -1.78. The molecule has 1 heterocycles. The SMILES string of the molecule is CC(C)(C)OC(=O)N1CCCC1c1cc(F)ccc1O. The predicted octanol–water partition coefficient (Wildman–Crippen LogP) is 3.60. The number of hydrogen-bond acceptors (Lipinski definition) is 3. The van der Waals surface area contributed by atoms with Crippen LogP contribution in [0.4, 0.5) is 9.18 Å². The highest BCUT2D eigenvalue weighted by atomic mass is 19.1. The summed E-state index contributed by atoms with van der Waals surface area (Å²) in [6, 6.07) is 3.46. The number of amides is 1. The maximum atomic E-state index is 13.4. The van der Waals surface area contributed by atoms with Crippen molar-refractivity contribution < 1.29 is 19.0 Å². The number of hydrogen-bond donors (Lipinski definition) is 1. The number of ether oxygens (including phenoxy) is 1. The number of benzene rings is 1. The maximum Gasteiger partial charge on any atom is 0.410 e. The summed E-state index contributed by atoms with van der Waals surface area (Å²) in [5, 5.41) is 9.88. The zero-order valence-corrected chi connectivity index (χ0v) is 12.0. The Morgan fingerprint density at radius 1 is 1.45 bits per heavy atom. The van der Waals surface area contributed by atoms with Gasteiger partial charge in [-0.25, -0.2) is 9.18 Å². The van der Waals surface area contributed by atoms with Gasteiger partial charge < -0.3 is 14.7 Å². The van der Waals surface area contributed by atoms with Crippen LogP contribution >= 0.6 is 0 Å². The second kappa shape index (κ2) is 5.31. The summed E-state index contributed by atoms with van der Waals surface area (Å²) in [6.45, 7) is 5.95. The van der Waals surface area contributed by atoms with Gasteiger partial charge in [-0.3, -0.25) is 0 Å². The molecule has 4 nitrogen and oxygen atoms in total. The van der Waals surface area contributed by atoms with Crippen LogP contribution in [0, 0.1) is 5.82 Å². The van der Waals surface area contributed by atoms with Crippen molar-refractivity contribution in [2.75, 3.05) is 6.54 Å². The summed E-state index contributed by atoms with van der Waals surface area (Å²) in [7, 11) is 0. The number of halogens is 1. The quantitative estimate of drug-likeness (QED) is 0.855. The van der Waals surface area contributed by atoms with Gasteiger partial charge in [-0.1, -0.05) is 0 Å². The molecular formula is C15H20FNO3. The van der Waals surface area contributed by atoms with E-state index in [0.29, 0.717) is 18.5 Å². The molecule has 1 aliphatic rings. The van der Waals surface area contributed by atoms with E-state index in [9.17, 15) is 14.3 Å². The number of nitrogens with zero attached hydrogens (tertiary/aromatic N) is 1. The second-order valence-electron chi connectivity index (χ2n) is 6.03. The second-order valence-corrected chi connectivity index (χ2v) is 6.03. The molecule has 1 aliphatic heterocycles. The summed E-state index contributed by atoms with van der Waals surface area (Å²) in [4.78, 5) is 13.7. The minimum absolute atomic E-state index is 0.00635. The van der Waals surface area contributed by atoms with Crippen LogP contribution < -0.4 is 0 Å². The first kappa shape index (κ1) is 14.6. The van der Waals surface area contributed by atoms with Crippen LogP contribution in [0.2, 0.25) is 0 Å². The fourth-order valence-electron chi connectivity index (χ4n) is 2.42. The smallest absolute Gasteiger partial charge is 0.410 e. The fraction of sp³-hybridized carbons (Fsp3) is 0.533. The number of aromatic hydroxyl groups is 1. The van der Waals surface area contributed by atoms with E-state index in [1.807, 2.05) is 0 Å². The normalized spacial score (nSPS) is 19.2.